The highest BCUT2D eigenvalue weighted by molar-refractivity contribution is 5.45. The van der Waals surface area contributed by atoms with E-state index in [9.17, 15) is 0 Å². The molecule has 0 N–H and O–H groups in total. The monoisotopic (exact) mass is 254 g/mol. The number of allylic oxidation sites excluding steroid dienone is 2. The second-order valence-electron chi connectivity index (χ2n) is 5.35. The van der Waals surface area contributed by atoms with Crippen LogP contribution < -0.4 is 0 Å². The van der Waals surface area contributed by atoms with Crippen LogP contribution in [0.3, 0.4) is 0 Å². The predicted molar refractivity (Wildman–Crippen MR) is 67.9 cm³/mol. The molecular formula is C14H14N4O. The quantitative estimate of drug-likeness (QED) is 0.786. The van der Waals surface area contributed by atoms with Crippen molar-refractivity contribution in [3.05, 3.63) is 36.6 Å². The summed E-state index contributed by atoms with van der Waals surface area (Å²) in [6.45, 7) is 0. The summed E-state index contributed by atoms with van der Waals surface area (Å²) in [6.07, 6.45) is 13.0. The molecule has 2 aromatic rings. The number of hydrogen-bond acceptors (Lipinski definition) is 5. The van der Waals surface area contributed by atoms with Gasteiger partial charge in [-0.3, -0.25) is 4.98 Å². The topological polar surface area (TPSA) is 64.7 Å². The second kappa shape index (κ2) is 4.26. The van der Waals surface area contributed by atoms with Gasteiger partial charge >= 0.3 is 0 Å². The molecule has 2 aliphatic carbocycles. The maximum Gasteiger partial charge on any atom is 0.227 e. The molecule has 1 saturated carbocycles. The van der Waals surface area contributed by atoms with Gasteiger partial charge in [0.05, 0.1) is 6.20 Å². The molecule has 2 heterocycles. The van der Waals surface area contributed by atoms with Crippen molar-refractivity contribution >= 4 is 0 Å². The molecule has 0 radical (unpaired) electrons. The SMILES string of the molecule is C1=C[C@H]2C[C@@H]1C[C@H]2Cc1nc(-c2cnccn2)no1. The average Bonchev–Trinajstić information content (AvgIpc) is 3.16. The number of nitrogens with zero attached hydrogens (tertiary/aromatic N) is 4. The zero-order valence-electron chi connectivity index (χ0n) is 10.4. The molecule has 5 heteroatoms. The Kier molecular flexibility index (Phi) is 2.43. The van der Waals surface area contributed by atoms with Gasteiger partial charge in [-0.2, -0.15) is 4.98 Å². The van der Waals surface area contributed by atoms with Crippen molar-refractivity contribution < 1.29 is 4.52 Å². The maximum atomic E-state index is 5.34. The van der Waals surface area contributed by atoms with Crippen LogP contribution >= 0.6 is 0 Å². The van der Waals surface area contributed by atoms with Crippen molar-refractivity contribution in [1.82, 2.24) is 20.1 Å². The van der Waals surface area contributed by atoms with Crippen molar-refractivity contribution in [1.29, 1.82) is 0 Å². The van der Waals surface area contributed by atoms with E-state index < -0.39 is 0 Å². The van der Waals surface area contributed by atoms with Crippen LogP contribution in [-0.2, 0) is 6.42 Å². The van der Waals surface area contributed by atoms with E-state index in [1.807, 2.05) is 0 Å². The first-order valence-electron chi connectivity index (χ1n) is 6.66. The van der Waals surface area contributed by atoms with Gasteiger partial charge in [0.25, 0.3) is 0 Å². The lowest BCUT2D eigenvalue weighted by atomic mass is 9.91. The Morgan fingerprint density at radius 3 is 2.95 bits per heavy atom. The first kappa shape index (κ1) is 10.8. The van der Waals surface area contributed by atoms with Crippen molar-refractivity contribution in [2.24, 2.45) is 17.8 Å². The third-order valence-corrected chi connectivity index (χ3v) is 4.11. The van der Waals surface area contributed by atoms with E-state index in [0.29, 0.717) is 29.2 Å². The van der Waals surface area contributed by atoms with Gasteiger partial charge in [0.1, 0.15) is 5.69 Å². The van der Waals surface area contributed by atoms with Gasteiger partial charge in [-0.1, -0.05) is 17.3 Å². The van der Waals surface area contributed by atoms with Crippen LogP contribution in [0.1, 0.15) is 18.7 Å². The van der Waals surface area contributed by atoms with Crippen LogP contribution in [0.5, 0.6) is 0 Å². The van der Waals surface area contributed by atoms with Gasteiger partial charge in [0, 0.05) is 18.8 Å². The summed E-state index contributed by atoms with van der Waals surface area (Å²) >= 11 is 0. The molecule has 0 aliphatic heterocycles. The predicted octanol–water partition coefficient (Wildman–Crippen LogP) is 2.28. The van der Waals surface area contributed by atoms with Crippen LogP contribution in [0.4, 0.5) is 0 Å². The lowest BCUT2D eigenvalue weighted by molar-refractivity contribution is 0.334. The van der Waals surface area contributed by atoms with Gasteiger partial charge in [-0.15, -0.1) is 0 Å². The van der Waals surface area contributed by atoms with Crippen LogP contribution in [-0.4, -0.2) is 20.1 Å². The van der Waals surface area contributed by atoms with Gasteiger partial charge in [0.2, 0.25) is 11.7 Å². The minimum absolute atomic E-state index is 0.529. The highest BCUT2D eigenvalue weighted by atomic mass is 16.5. The third-order valence-electron chi connectivity index (χ3n) is 4.11. The summed E-state index contributed by atoms with van der Waals surface area (Å²) in [7, 11) is 0. The van der Waals surface area contributed by atoms with E-state index in [0.717, 1.165) is 12.3 Å². The first-order chi connectivity index (χ1) is 9.38. The Labute approximate surface area is 110 Å². The fourth-order valence-corrected chi connectivity index (χ4v) is 3.21. The molecular weight excluding hydrogens is 240 g/mol. The van der Waals surface area contributed by atoms with E-state index in [2.05, 4.69) is 32.3 Å². The molecule has 3 atom stereocenters. The summed E-state index contributed by atoms with van der Waals surface area (Å²) in [4.78, 5) is 12.6. The zero-order valence-corrected chi connectivity index (χ0v) is 10.4. The smallest absolute Gasteiger partial charge is 0.227 e. The summed E-state index contributed by atoms with van der Waals surface area (Å²) in [6, 6.07) is 0. The minimum Gasteiger partial charge on any atom is -0.339 e. The van der Waals surface area contributed by atoms with Crippen molar-refractivity contribution in [3.8, 4) is 11.5 Å². The van der Waals surface area contributed by atoms with Crippen molar-refractivity contribution in [3.63, 3.8) is 0 Å². The Hall–Kier alpha value is -2.04. The van der Waals surface area contributed by atoms with Gasteiger partial charge in [0.15, 0.2) is 0 Å². The van der Waals surface area contributed by atoms with Gasteiger partial charge in [-0.05, 0) is 30.6 Å². The Balaban J connectivity index is 1.51. The van der Waals surface area contributed by atoms with E-state index in [-0.39, 0.29) is 0 Å². The molecule has 5 nitrogen and oxygen atoms in total. The highest BCUT2D eigenvalue weighted by Crippen LogP contribution is 2.44. The van der Waals surface area contributed by atoms with Crippen LogP contribution in [0.15, 0.2) is 35.3 Å². The fraction of sp³-hybridized carbons (Fsp3) is 0.429. The molecule has 19 heavy (non-hydrogen) atoms. The summed E-state index contributed by atoms with van der Waals surface area (Å²) in [5.74, 6) is 3.38. The number of fused-ring (bicyclic) bond motifs is 2. The van der Waals surface area contributed by atoms with E-state index >= 15 is 0 Å². The average molecular weight is 254 g/mol. The Bertz CT molecular complexity index is 607. The molecule has 4 rings (SSSR count). The number of rotatable bonds is 3. The van der Waals surface area contributed by atoms with E-state index in [1.54, 1.807) is 18.6 Å². The Morgan fingerprint density at radius 1 is 1.21 bits per heavy atom. The van der Waals surface area contributed by atoms with E-state index in [4.69, 9.17) is 4.52 Å². The summed E-state index contributed by atoms with van der Waals surface area (Å²) in [5.41, 5.74) is 0.658. The van der Waals surface area contributed by atoms with Crippen LogP contribution in [0.25, 0.3) is 11.5 Å². The molecule has 96 valence electrons. The lowest BCUT2D eigenvalue weighted by Gasteiger charge is -2.14. The maximum absolute atomic E-state index is 5.34. The van der Waals surface area contributed by atoms with E-state index in [1.165, 1.54) is 12.8 Å². The molecule has 0 amide bonds. The molecule has 0 unspecified atom stereocenters. The van der Waals surface area contributed by atoms with Crippen molar-refractivity contribution in [2.75, 3.05) is 0 Å². The second-order valence-corrected chi connectivity index (χ2v) is 5.35. The molecule has 0 spiro atoms. The molecule has 1 fully saturated rings. The van der Waals surface area contributed by atoms with Gasteiger partial charge < -0.3 is 4.52 Å². The highest BCUT2D eigenvalue weighted by Gasteiger charge is 2.36. The normalized spacial score (nSPS) is 28.1. The first-order valence-corrected chi connectivity index (χ1v) is 6.66. The van der Waals surface area contributed by atoms with Crippen LogP contribution in [0.2, 0.25) is 0 Å². The van der Waals surface area contributed by atoms with Crippen LogP contribution in [0, 0.1) is 17.8 Å². The largest absolute Gasteiger partial charge is 0.339 e. The fourth-order valence-electron chi connectivity index (χ4n) is 3.21. The zero-order chi connectivity index (χ0) is 12.7. The summed E-state index contributed by atoms with van der Waals surface area (Å²) in [5, 5.41) is 3.98. The lowest BCUT2D eigenvalue weighted by Crippen LogP contribution is -2.10. The molecule has 2 aromatic heterocycles. The van der Waals surface area contributed by atoms with Gasteiger partial charge in [-0.25, -0.2) is 4.98 Å². The molecule has 2 aliphatic rings. The molecule has 0 aromatic carbocycles. The number of aromatic nitrogens is 4. The standard InChI is InChI=1S/C14H14N4O/c1-2-10-5-9(1)6-11(10)7-13-17-14(18-19-13)12-8-15-3-4-16-12/h1-4,8-11H,5-7H2/t9-,10+,11+/m1/s1. The Morgan fingerprint density at radius 2 is 2.21 bits per heavy atom. The number of hydrogen-bond donors (Lipinski definition) is 0. The minimum atomic E-state index is 0.529. The summed E-state index contributed by atoms with van der Waals surface area (Å²) < 4.78 is 5.34. The van der Waals surface area contributed by atoms with Crippen molar-refractivity contribution in [2.45, 2.75) is 19.3 Å². The molecule has 0 saturated heterocycles. The third kappa shape index (κ3) is 1.95. The molecule has 2 bridgehead atoms.